The Labute approximate surface area is 107 Å². The van der Waals surface area contributed by atoms with Crippen LogP contribution in [0.3, 0.4) is 0 Å². The number of amides is 1. The number of ether oxygens (including phenoxy) is 3. The number of carbonyl (C=O) groups excluding carboxylic acids is 1. The minimum absolute atomic E-state index is 0.362. The normalized spacial score (nSPS) is 11.8. The van der Waals surface area contributed by atoms with E-state index < -0.39 is 0 Å². The highest BCUT2D eigenvalue weighted by molar-refractivity contribution is 5.82. The second-order valence-electron chi connectivity index (χ2n) is 3.82. The third kappa shape index (κ3) is 2.67. The SMILES string of the molecule is CCC(C(N)=O)c1cc(OC)c(OC)c(OC)c1. The van der Waals surface area contributed by atoms with Crippen molar-refractivity contribution in [3.8, 4) is 17.2 Å². The van der Waals surface area contributed by atoms with E-state index in [0.717, 1.165) is 5.56 Å². The second-order valence-corrected chi connectivity index (χ2v) is 3.82. The van der Waals surface area contributed by atoms with Crippen LogP contribution in [0.4, 0.5) is 0 Å². The van der Waals surface area contributed by atoms with Crippen LogP contribution in [0.2, 0.25) is 0 Å². The number of rotatable bonds is 6. The Morgan fingerprint density at radius 2 is 1.67 bits per heavy atom. The molecule has 1 unspecified atom stereocenters. The van der Waals surface area contributed by atoms with Gasteiger partial charge in [-0.2, -0.15) is 0 Å². The zero-order valence-corrected chi connectivity index (χ0v) is 11.1. The molecule has 0 heterocycles. The molecule has 0 saturated heterocycles. The Morgan fingerprint density at radius 1 is 1.17 bits per heavy atom. The molecule has 2 N–H and O–H groups in total. The smallest absolute Gasteiger partial charge is 0.224 e. The average molecular weight is 253 g/mol. The van der Waals surface area contributed by atoms with E-state index >= 15 is 0 Å². The van der Waals surface area contributed by atoms with E-state index in [4.69, 9.17) is 19.9 Å². The number of hydrogen-bond acceptors (Lipinski definition) is 4. The van der Waals surface area contributed by atoms with E-state index in [1.54, 1.807) is 12.1 Å². The van der Waals surface area contributed by atoms with Gasteiger partial charge in [0.1, 0.15) is 0 Å². The van der Waals surface area contributed by atoms with Gasteiger partial charge in [0, 0.05) is 0 Å². The first-order valence-corrected chi connectivity index (χ1v) is 5.68. The Kier molecular flexibility index (Phi) is 4.83. The van der Waals surface area contributed by atoms with Crippen molar-refractivity contribution in [2.24, 2.45) is 5.73 Å². The zero-order valence-electron chi connectivity index (χ0n) is 11.1. The van der Waals surface area contributed by atoms with Crippen molar-refractivity contribution < 1.29 is 19.0 Å². The summed E-state index contributed by atoms with van der Waals surface area (Å²) in [4.78, 5) is 11.4. The van der Waals surface area contributed by atoms with Crippen LogP contribution in [0.5, 0.6) is 17.2 Å². The summed E-state index contributed by atoms with van der Waals surface area (Å²) in [6.45, 7) is 1.90. The van der Waals surface area contributed by atoms with E-state index in [1.165, 1.54) is 21.3 Å². The standard InChI is InChI=1S/C13H19NO4/c1-5-9(13(14)15)8-6-10(16-2)12(18-4)11(7-8)17-3/h6-7,9H,5H2,1-4H3,(H2,14,15). The first kappa shape index (κ1) is 14.2. The van der Waals surface area contributed by atoms with E-state index in [1.807, 2.05) is 6.92 Å². The Balaban J connectivity index is 3.34. The van der Waals surface area contributed by atoms with Crippen LogP contribution >= 0.6 is 0 Å². The van der Waals surface area contributed by atoms with Crippen molar-refractivity contribution in [3.05, 3.63) is 17.7 Å². The van der Waals surface area contributed by atoms with E-state index in [9.17, 15) is 4.79 Å². The van der Waals surface area contributed by atoms with Gasteiger partial charge in [0.15, 0.2) is 11.5 Å². The second kappa shape index (κ2) is 6.14. The molecular formula is C13H19NO4. The molecule has 0 aliphatic rings. The van der Waals surface area contributed by atoms with Crippen molar-refractivity contribution in [1.82, 2.24) is 0 Å². The predicted molar refractivity (Wildman–Crippen MR) is 68.3 cm³/mol. The molecule has 1 aromatic carbocycles. The molecule has 0 fully saturated rings. The largest absolute Gasteiger partial charge is 0.493 e. The van der Waals surface area contributed by atoms with Gasteiger partial charge in [0.05, 0.1) is 27.2 Å². The number of benzene rings is 1. The van der Waals surface area contributed by atoms with Crippen molar-refractivity contribution in [3.63, 3.8) is 0 Å². The summed E-state index contributed by atoms with van der Waals surface area (Å²) < 4.78 is 15.7. The predicted octanol–water partition coefficient (Wildman–Crippen LogP) is 1.69. The van der Waals surface area contributed by atoms with Crippen molar-refractivity contribution in [2.75, 3.05) is 21.3 Å². The van der Waals surface area contributed by atoms with Gasteiger partial charge in [-0.25, -0.2) is 0 Å². The summed E-state index contributed by atoms with van der Waals surface area (Å²) in [6.07, 6.45) is 0.619. The third-order valence-corrected chi connectivity index (χ3v) is 2.84. The van der Waals surface area contributed by atoms with Gasteiger partial charge >= 0.3 is 0 Å². The minimum Gasteiger partial charge on any atom is -0.493 e. The van der Waals surface area contributed by atoms with Gasteiger partial charge in [-0.05, 0) is 24.1 Å². The number of carbonyl (C=O) groups is 1. The van der Waals surface area contributed by atoms with E-state index in [-0.39, 0.29) is 11.8 Å². The average Bonchev–Trinajstić information content (AvgIpc) is 2.37. The molecule has 5 heteroatoms. The van der Waals surface area contributed by atoms with Crippen molar-refractivity contribution in [1.29, 1.82) is 0 Å². The summed E-state index contributed by atoms with van der Waals surface area (Å²) in [7, 11) is 4.60. The van der Waals surface area contributed by atoms with E-state index in [0.29, 0.717) is 23.7 Å². The maximum absolute atomic E-state index is 11.4. The number of nitrogens with two attached hydrogens (primary N) is 1. The van der Waals surface area contributed by atoms with Crippen LogP contribution in [0.15, 0.2) is 12.1 Å². The summed E-state index contributed by atoms with van der Waals surface area (Å²) in [5.74, 6) is 0.812. The molecular weight excluding hydrogens is 234 g/mol. The molecule has 0 aromatic heterocycles. The summed E-state index contributed by atoms with van der Waals surface area (Å²) in [5.41, 5.74) is 6.14. The van der Waals surface area contributed by atoms with E-state index in [2.05, 4.69) is 0 Å². The Morgan fingerprint density at radius 3 is 1.94 bits per heavy atom. The van der Waals surface area contributed by atoms with Crippen molar-refractivity contribution >= 4 is 5.91 Å². The lowest BCUT2D eigenvalue weighted by Gasteiger charge is -2.17. The summed E-state index contributed by atoms with van der Waals surface area (Å²) in [5, 5.41) is 0. The first-order valence-electron chi connectivity index (χ1n) is 5.68. The van der Waals surface area contributed by atoms with Gasteiger partial charge in [-0.1, -0.05) is 6.92 Å². The fourth-order valence-electron chi connectivity index (χ4n) is 1.90. The molecule has 1 aromatic rings. The number of primary amides is 1. The molecule has 5 nitrogen and oxygen atoms in total. The molecule has 0 radical (unpaired) electrons. The molecule has 0 saturated carbocycles. The van der Waals surface area contributed by atoms with Crippen LogP contribution in [0, 0.1) is 0 Å². The number of methoxy groups -OCH3 is 3. The topological polar surface area (TPSA) is 70.8 Å². The van der Waals surface area contributed by atoms with Crippen LogP contribution < -0.4 is 19.9 Å². The maximum Gasteiger partial charge on any atom is 0.224 e. The lowest BCUT2D eigenvalue weighted by molar-refractivity contribution is -0.119. The summed E-state index contributed by atoms with van der Waals surface area (Å²) in [6, 6.07) is 3.50. The monoisotopic (exact) mass is 253 g/mol. The Hall–Kier alpha value is -1.91. The zero-order chi connectivity index (χ0) is 13.7. The maximum atomic E-state index is 11.4. The fourth-order valence-corrected chi connectivity index (χ4v) is 1.90. The molecule has 100 valence electrons. The highest BCUT2D eigenvalue weighted by Crippen LogP contribution is 2.40. The molecule has 0 spiro atoms. The van der Waals surface area contributed by atoms with Crippen LogP contribution in [-0.4, -0.2) is 27.2 Å². The first-order chi connectivity index (χ1) is 8.58. The van der Waals surface area contributed by atoms with Crippen LogP contribution in [0.25, 0.3) is 0 Å². The molecule has 1 rings (SSSR count). The van der Waals surface area contributed by atoms with Crippen molar-refractivity contribution in [2.45, 2.75) is 19.3 Å². The van der Waals surface area contributed by atoms with Gasteiger partial charge in [-0.3, -0.25) is 4.79 Å². The highest BCUT2D eigenvalue weighted by atomic mass is 16.5. The molecule has 1 amide bonds. The fraction of sp³-hybridized carbons (Fsp3) is 0.462. The quantitative estimate of drug-likeness (QED) is 0.837. The molecule has 18 heavy (non-hydrogen) atoms. The lowest BCUT2D eigenvalue weighted by atomic mass is 9.95. The minimum atomic E-state index is -0.369. The molecule has 0 bridgehead atoms. The third-order valence-electron chi connectivity index (χ3n) is 2.84. The highest BCUT2D eigenvalue weighted by Gasteiger charge is 2.21. The molecule has 0 aliphatic carbocycles. The lowest BCUT2D eigenvalue weighted by Crippen LogP contribution is -2.20. The van der Waals surface area contributed by atoms with Gasteiger partial charge in [0.2, 0.25) is 11.7 Å². The van der Waals surface area contributed by atoms with Crippen LogP contribution in [0.1, 0.15) is 24.8 Å². The Bertz CT molecular complexity index is 406. The number of hydrogen-bond donors (Lipinski definition) is 1. The van der Waals surface area contributed by atoms with Gasteiger partial charge < -0.3 is 19.9 Å². The van der Waals surface area contributed by atoms with Gasteiger partial charge in [0.25, 0.3) is 0 Å². The molecule has 1 atom stereocenters. The summed E-state index contributed by atoms with van der Waals surface area (Å²) >= 11 is 0. The molecule has 0 aliphatic heterocycles. The van der Waals surface area contributed by atoms with Crippen LogP contribution in [-0.2, 0) is 4.79 Å². The van der Waals surface area contributed by atoms with Gasteiger partial charge in [-0.15, -0.1) is 0 Å².